The molecule has 0 atom stereocenters. The van der Waals surface area contributed by atoms with Gasteiger partial charge >= 0.3 is 0 Å². The van der Waals surface area contributed by atoms with Crippen molar-refractivity contribution in [1.29, 1.82) is 0 Å². The van der Waals surface area contributed by atoms with Crippen molar-refractivity contribution in [3.8, 4) is 0 Å². The molecular weight excluding hydrogens is 300 g/mol. The van der Waals surface area contributed by atoms with E-state index in [-0.39, 0.29) is 0 Å². The third-order valence-corrected chi connectivity index (χ3v) is 5.21. The minimum Gasteiger partial charge on any atom is -0.358 e. The van der Waals surface area contributed by atoms with Crippen LogP contribution in [-0.2, 0) is 13.0 Å². The highest BCUT2D eigenvalue weighted by molar-refractivity contribution is 7.15. The topological polar surface area (TPSA) is 32.6 Å². The van der Waals surface area contributed by atoms with Crippen LogP contribution in [0.4, 0.5) is 5.82 Å². The summed E-state index contributed by atoms with van der Waals surface area (Å²) in [6.45, 7) is 4.94. The van der Waals surface area contributed by atoms with Crippen molar-refractivity contribution in [3.63, 3.8) is 0 Å². The van der Waals surface area contributed by atoms with Crippen molar-refractivity contribution < 1.29 is 0 Å². The number of hydrogen-bond acceptors (Lipinski definition) is 5. The molecule has 3 heterocycles. The average molecular weight is 320 g/mol. The summed E-state index contributed by atoms with van der Waals surface area (Å²) in [6.07, 6.45) is 3.18. The minimum absolute atomic E-state index is 0.854. The molecule has 0 spiro atoms. The molecule has 0 saturated carbocycles. The Kier molecular flexibility index (Phi) is 4.57. The van der Waals surface area contributed by atoms with E-state index in [2.05, 4.69) is 57.7 Å². The minimum atomic E-state index is 0.854. The van der Waals surface area contributed by atoms with E-state index in [9.17, 15) is 0 Å². The van der Waals surface area contributed by atoms with E-state index >= 15 is 0 Å². The second kappa shape index (κ2) is 6.60. The summed E-state index contributed by atoms with van der Waals surface area (Å²) in [5.74, 6) is 1.10. The second-order valence-corrected chi connectivity index (χ2v) is 6.87. The highest BCUT2D eigenvalue weighted by atomic mass is 32.1. The monoisotopic (exact) mass is 320 g/mol. The van der Waals surface area contributed by atoms with Crippen molar-refractivity contribution in [2.24, 2.45) is 0 Å². The number of imidazole rings is 1. The third kappa shape index (κ3) is 3.12. The van der Waals surface area contributed by atoms with Crippen LogP contribution in [0.2, 0.25) is 0 Å². The number of rotatable bonds is 7. The summed E-state index contributed by atoms with van der Waals surface area (Å²) in [5, 5.41) is 7.64. The molecule has 0 fully saturated rings. The number of fused-ring (bicyclic) bond motifs is 1. The van der Waals surface area contributed by atoms with Gasteiger partial charge in [0.1, 0.15) is 0 Å². The van der Waals surface area contributed by atoms with Gasteiger partial charge in [-0.3, -0.25) is 4.40 Å². The molecule has 1 N–H and O–H groups in total. The van der Waals surface area contributed by atoms with Gasteiger partial charge in [-0.25, -0.2) is 4.98 Å². The molecule has 112 valence electrons. The van der Waals surface area contributed by atoms with Gasteiger partial charge in [0, 0.05) is 36.6 Å². The fraction of sp³-hybridized carbons (Fsp3) is 0.400. The van der Waals surface area contributed by atoms with Crippen LogP contribution < -0.4 is 10.2 Å². The van der Waals surface area contributed by atoms with E-state index in [4.69, 9.17) is 4.98 Å². The smallest absolute Gasteiger partial charge is 0.195 e. The lowest BCUT2D eigenvalue weighted by Crippen LogP contribution is -2.23. The SMILES string of the molecule is CCNCc1c(N(C)CCc2cccs2)nc2sccn12. The average Bonchev–Trinajstić information content (AvgIpc) is 3.19. The quantitative estimate of drug-likeness (QED) is 0.725. The zero-order chi connectivity index (χ0) is 14.7. The van der Waals surface area contributed by atoms with Crippen LogP contribution in [-0.4, -0.2) is 29.5 Å². The molecule has 6 heteroatoms. The molecule has 0 radical (unpaired) electrons. The highest BCUT2D eigenvalue weighted by Gasteiger charge is 2.16. The van der Waals surface area contributed by atoms with Gasteiger partial charge in [-0.1, -0.05) is 13.0 Å². The predicted octanol–water partition coefficient (Wildman–Crippen LogP) is 3.25. The molecule has 3 rings (SSSR count). The van der Waals surface area contributed by atoms with Crippen LogP contribution in [0, 0.1) is 0 Å². The molecule has 0 aliphatic carbocycles. The number of aromatic nitrogens is 2. The predicted molar refractivity (Wildman–Crippen MR) is 91.7 cm³/mol. The first-order chi connectivity index (χ1) is 10.3. The maximum Gasteiger partial charge on any atom is 0.195 e. The van der Waals surface area contributed by atoms with Gasteiger partial charge < -0.3 is 10.2 Å². The van der Waals surface area contributed by atoms with Crippen molar-refractivity contribution >= 4 is 33.5 Å². The van der Waals surface area contributed by atoms with E-state index in [1.54, 1.807) is 11.3 Å². The van der Waals surface area contributed by atoms with Crippen LogP contribution in [0.15, 0.2) is 29.1 Å². The second-order valence-electron chi connectivity index (χ2n) is 4.97. The zero-order valence-electron chi connectivity index (χ0n) is 12.4. The summed E-state index contributed by atoms with van der Waals surface area (Å²) in [6, 6.07) is 4.31. The number of thiazole rings is 1. The van der Waals surface area contributed by atoms with E-state index in [1.807, 2.05) is 11.3 Å². The van der Waals surface area contributed by atoms with Crippen molar-refractivity contribution in [2.75, 3.05) is 25.0 Å². The number of nitrogens with zero attached hydrogens (tertiary/aromatic N) is 3. The van der Waals surface area contributed by atoms with Crippen molar-refractivity contribution in [2.45, 2.75) is 19.9 Å². The number of hydrogen-bond donors (Lipinski definition) is 1. The molecule has 0 aromatic carbocycles. The van der Waals surface area contributed by atoms with Gasteiger partial charge in [-0.05, 0) is 24.4 Å². The maximum absolute atomic E-state index is 4.80. The Morgan fingerprint density at radius 3 is 3.00 bits per heavy atom. The van der Waals surface area contributed by atoms with E-state index in [1.165, 1.54) is 10.6 Å². The first-order valence-corrected chi connectivity index (χ1v) is 8.94. The van der Waals surface area contributed by atoms with E-state index in [0.717, 1.165) is 36.8 Å². The molecule has 21 heavy (non-hydrogen) atoms. The maximum atomic E-state index is 4.80. The molecule has 0 amide bonds. The van der Waals surface area contributed by atoms with E-state index < -0.39 is 0 Å². The normalized spacial score (nSPS) is 11.3. The third-order valence-electron chi connectivity index (χ3n) is 3.52. The Labute approximate surface area is 133 Å². The van der Waals surface area contributed by atoms with Crippen molar-refractivity contribution in [3.05, 3.63) is 39.7 Å². The lowest BCUT2D eigenvalue weighted by atomic mass is 10.3. The van der Waals surface area contributed by atoms with Gasteiger partial charge in [-0.15, -0.1) is 22.7 Å². The number of nitrogens with one attached hydrogen (secondary N) is 1. The summed E-state index contributed by atoms with van der Waals surface area (Å²) < 4.78 is 2.20. The lowest BCUT2D eigenvalue weighted by molar-refractivity contribution is 0.702. The van der Waals surface area contributed by atoms with Crippen LogP contribution in [0.1, 0.15) is 17.5 Å². The van der Waals surface area contributed by atoms with Gasteiger partial charge in [0.15, 0.2) is 10.8 Å². The molecule has 3 aromatic rings. The van der Waals surface area contributed by atoms with Crippen LogP contribution in [0.25, 0.3) is 4.96 Å². The Morgan fingerprint density at radius 2 is 2.24 bits per heavy atom. The van der Waals surface area contributed by atoms with Gasteiger partial charge in [-0.2, -0.15) is 0 Å². The summed E-state index contributed by atoms with van der Waals surface area (Å²) in [5.41, 5.74) is 1.25. The first-order valence-electron chi connectivity index (χ1n) is 7.18. The number of thiophene rings is 1. The number of likely N-dealkylation sites (N-methyl/N-ethyl adjacent to an activating group) is 1. The van der Waals surface area contributed by atoms with Gasteiger partial charge in [0.25, 0.3) is 0 Å². The van der Waals surface area contributed by atoms with Crippen LogP contribution >= 0.6 is 22.7 Å². The van der Waals surface area contributed by atoms with Crippen LogP contribution in [0.5, 0.6) is 0 Å². The highest BCUT2D eigenvalue weighted by Crippen LogP contribution is 2.24. The molecular formula is C15H20N4S2. The molecule has 0 aliphatic rings. The van der Waals surface area contributed by atoms with Gasteiger partial charge in [0.05, 0.1) is 5.69 Å². The zero-order valence-corrected chi connectivity index (χ0v) is 14.0. The summed E-state index contributed by atoms with van der Waals surface area (Å²) >= 11 is 3.51. The standard InChI is InChI=1S/C15H20N4S2/c1-3-16-11-13-14(17-15-19(13)8-10-21-15)18(2)7-6-12-5-4-9-20-12/h4-5,8-10,16H,3,6-7,11H2,1-2H3. The summed E-state index contributed by atoms with van der Waals surface area (Å²) in [4.78, 5) is 9.56. The van der Waals surface area contributed by atoms with Gasteiger partial charge in [0.2, 0.25) is 0 Å². The van der Waals surface area contributed by atoms with E-state index in [0.29, 0.717) is 0 Å². The number of anilines is 1. The molecule has 0 saturated heterocycles. The molecule has 0 aliphatic heterocycles. The summed E-state index contributed by atoms with van der Waals surface area (Å²) in [7, 11) is 2.13. The molecule has 4 nitrogen and oxygen atoms in total. The Hall–Kier alpha value is -1.37. The molecule has 0 unspecified atom stereocenters. The lowest BCUT2D eigenvalue weighted by Gasteiger charge is -2.18. The Morgan fingerprint density at radius 1 is 1.33 bits per heavy atom. The fourth-order valence-electron chi connectivity index (χ4n) is 2.37. The largest absolute Gasteiger partial charge is 0.358 e. The fourth-order valence-corrected chi connectivity index (χ4v) is 3.80. The van der Waals surface area contributed by atoms with Crippen LogP contribution in [0.3, 0.4) is 0 Å². The first kappa shape index (κ1) is 14.6. The molecule has 3 aromatic heterocycles. The Bertz CT molecular complexity index is 684. The molecule has 0 bridgehead atoms. The Balaban J connectivity index is 1.79. The van der Waals surface area contributed by atoms with Crippen molar-refractivity contribution in [1.82, 2.24) is 14.7 Å².